The summed E-state index contributed by atoms with van der Waals surface area (Å²) in [5, 5.41) is 2.57. The van der Waals surface area contributed by atoms with Gasteiger partial charge < -0.3 is 14.8 Å². The van der Waals surface area contributed by atoms with Crippen molar-refractivity contribution < 1.29 is 18.7 Å². The van der Waals surface area contributed by atoms with Gasteiger partial charge in [0.05, 0.1) is 7.11 Å². The lowest BCUT2D eigenvalue weighted by Gasteiger charge is -2.10. The van der Waals surface area contributed by atoms with Crippen molar-refractivity contribution in [3.05, 3.63) is 47.9 Å². The molecule has 0 radical (unpaired) electrons. The Morgan fingerprint density at radius 3 is 2.71 bits per heavy atom. The molecule has 0 saturated carbocycles. The van der Waals surface area contributed by atoms with Crippen LogP contribution in [0, 0.1) is 12.7 Å². The highest BCUT2D eigenvalue weighted by molar-refractivity contribution is 5.92. The Bertz CT molecular complexity index is 647. The number of para-hydroxylation sites is 1. The molecule has 0 unspecified atom stereocenters. The van der Waals surface area contributed by atoms with E-state index in [1.165, 1.54) is 19.2 Å². The van der Waals surface area contributed by atoms with Gasteiger partial charge in [0.15, 0.2) is 29.7 Å². The Hall–Kier alpha value is -2.63. The van der Waals surface area contributed by atoms with Gasteiger partial charge in [-0.25, -0.2) is 9.37 Å². The fraction of sp³-hybridized carbons (Fsp3) is 0.200. The number of carbonyl (C=O) groups is 1. The van der Waals surface area contributed by atoms with Crippen molar-refractivity contribution in [1.29, 1.82) is 0 Å². The maximum atomic E-state index is 13.3. The number of hydrogen-bond donors (Lipinski definition) is 1. The van der Waals surface area contributed by atoms with Crippen LogP contribution in [0.4, 0.5) is 10.2 Å². The number of nitrogens with one attached hydrogen (secondary N) is 1. The molecule has 0 aliphatic carbocycles. The number of carbonyl (C=O) groups excluding carboxylic acids is 1. The summed E-state index contributed by atoms with van der Waals surface area (Å²) in [4.78, 5) is 16.0. The molecule has 1 aromatic carbocycles. The average molecular weight is 290 g/mol. The molecular formula is C15H15FN2O3. The number of methoxy groups -OCH3 is 1. The number of rotatable bonds is 5. The minimum Gasteiger partial charge on any atom is -0.493 e. The summed E-state index contributed by atoms with van der Waals surface area (Å²) in [7, 11) is 1.48. The van der Waals surface area contributed by atoms with E-state index in [0.29, 0.717) is 11.6 Å². The molecule has 110 valence electrons. The molecule has 5 nitrogen and oxygen atoms in total. The molecule has 0 aliphatic rings. The van der Waals surface area contributed by atoms with E-state index in [0.717, 1.165) is 5.69 Å². The molecule has 6 heteroatoms. The molecule has 0 bridgehead atoms. The second-order valence-corrected chi connectivity index (χ2v) is 4.27. The lowest BCUT2D eigenvalue weighted by Crippen LogP contribution is -2.21. The Labute approximate surface area is 121 Å². The maximum Gasteiger partial charge on any atom is 0.263 e. The zero-order valence-corrected chi connectivity index (χ0v) is 11.7. The number of pyridine rings is 1. The van der Waals surface area contributed by atoms with Crippen molar-refractivity contribution in [1.82, 2.24) is 4.98 Å². The van der Waals surface area contributed by atoms with Gasteiger partial charge in [-0.15, -0.1) is 0 Å². The van der Waals surface area contributed by atoms with Gasteiger partial charge in [0, 0.05) is 5.69 Å². The predicted octanol–water partition coefficient (Wildman–Crippen LogP) is 2.56. The average Bonchev–Trinajstić information content (AvgIpc) is 2.47. The first-order valence-corrected chi connectivity index (χ1v) is 6.29. The molecule has 0 atom stereocenters. The smallest absolute Gasteiger partial charge is 0.263 e. The van der Waals surface area contributed by atoms with Crippen molar-refractivity contribution in [3.8, 4) is 11.5 Å². The van der Waals surface area contributed by atoms with Crippen molar-refractivity contribution in [2.75, 3.05) is 19.0 Å². The third kappa shape index (κ3) is 3.92. The monoisotopic (exact) mass is 290 g/mol. The van der Waals surface area contributed by atoms with Crippen LogP contribution >= 0.6 is 0 Å². The van der Waals surface area contributed by atoms with E-state index in [4.69, 9.17) is 9.47 Å². The first-order valence-electron chi connectivity index (χ1n) is 6.29. The lowest BCUT2D eigenvalue weighted by atomic mass is 10.3. The second-order valence-electron chi connectivity index (χ2n) is 4.27. The number of aryl methyl sites for hydroxylation is 1. The van der Waals surface area contributed by atoms with Gasteiger partial charge in [-0.2, -0.15) is 0 Å². The maximum absolute atomic E-state index is 13.3. The standard InChI is InChI=1S/C15H15FN2O3/c1-10-7-8-13(20-2)15(17-10)18-14(19)9-21-12-6-4-3-5-11(12)16/h3-8H,9H2,1-2H3,(H,17,18,19). The quantitative estimate of drug-likeness (QED) is 0.919. The van der Waals surface area contributed by atoms with Crippen LogP contribution < -0.4 is 14.8 Å². The number of nitrogens with zero attached hydrogens (tertiary/aromatic N) is 1. The van der Waals surface area contributed by atoms with E-state index in [1.807, 2.05) is 0 Å². The largest absolute Gasteiger partial charge is 0.493 e. The SMILES string of the molecule is COc1ccc(C)nc1NC(=O)COc1ccccc1F. The summed E-state index contributed by atoms with van der Waals surface area (Å²) in [5.74, 6) is -0.192. The molecule has 2 aromatic rings. The third-order valence-corrected chi connectivity index (χ3v) is 2.67. The number of ether oxygens (including phenoxy) is 2. The van der Waals surface area contributed by atoms with Crippen LogP contribution in [0.25, 0.3) is 0 Å². The molecule has 1 aromatic heterocycles. The van der Waals surface area contributed by atoms with Gasteiger partial charge in [0.25, 0.3) is 5.91 Å². The molecule has 1 heterocycles. The normalized spacial score (nSPS) is 10.0. The summed E-state index contributed by atoms with van der Waals surface area (Å²) in [5.41, 5.74) is 0.737. The lowest BCUT2D eigenvalue weighted by molar-refractivity contribution is -0.118. The second kappa shape index (κ2) is 6.69. The highest BCUT2D eigenvalue weighted by atomic mass is 19.1. The third-order valence-electron chi connectivity index (χ3n) is 2.67. The van der Waals surface area contributed by atoms with E-state index in [9.17, 15) is 9.18 Å². The van der Waals surface area contributed by atoms with Crippen LogP contribution in [0.1, 0.15) is 5.69 Å². The molecular weight excluding hydrogens is 275 g/mol. The van der Waals surface area contributed by atoms with E-state index >= 15 is 0 Å². The number of hydrogen-bond acceptors (Lipinski definition) is 4. The minimum absolute atomic E-state index is 0.0248. The first kappa shape index (κ1) is 14.8. The number of aromatic nitrogens is 1. The highest BCUT2D eigenvalue weighted by Crippen LogP contribution is 2.21. The van der Waals surface area contributed by atoms with Crippen LogP contribution in [0.3, 0.4) is 0 Å². The van der Waals surface area contributed by atoms with Crippen molar-refractivity contribution >= 4 is 11.7 Å². The number of amides is 1. The van der Waals surface area contributed by atoms with Crippen LogP contribution in [-0.2, 0) is 4.79 Å². The number of benzene rings is 1. The molecule has 1 N–H and O–H groups in total. The molecule has 2 rings (SSSR count). The Kier molecular flexibility index (Phi) is 4.71. The summed E-state index contributed by atoms with van der Waals surface area (Å²) in [6.07, 6.45) is 0. The van der Waals surface area contributed by atoms with Crippen molar-refractivity contribution in [2.45, 2.75) is 6.92 Å². The summed E-state index contributed by atoms with van der Waals surface area (Å²) in [6, 6.07) is 9.36. The number of halogens is 1. The van der Waals surface area contributed by atoms with Crippen molar-refractivity contribution in [3.63, 3.8) is 0 Å². The summed E-state index contributed by atoms with van der Waals surface area (Å²) >= 11 is 0. The first-order chi connectivity index (χ1) is 10.1. The van der Waals surface area contributed by atoms with Gasteiger partial charge >= 0.3 is 0 Å². The van der Waals surface area contributed by atoms with Gasteiger partial charge in [0.2, 0.25) is 0 Å². The summed E-state index contributed by atoms with van der Waals surface area (Å²) in [6.45, 7) is 1.48. The topological polar surface area (TPSA) is 60.5 Å². The Balaban J connectivity index is 1.99. The van der Waals surface area contributed by atoms with Crippen LogP contribution in [0.2, 0.25) is 0 Å². The van der Waals surface area contributed by atoms with E-state index in [-0.39, 0.29) is 12.4 Å². The van der Waals surface area contributed by atoms with E-state index < -0.39 is 11.7 Å². The molecule has 0 aliphatic heterocycles. The molecule has 0 fully saturated rings. The fourth-order valence-corrected chi connectivity index (χ4v) is 1.67. The van der Waals surface area contributed by atoms with Gasteiger partial charge in [-0.3, -0.25) is 4.79 Å². The highest BCUT2D eigenvalue weighted by Gasteiger charge is 2.11. The fourth-order valence-electron chi connectivity index (χ4n) is 1.67. The van der Waals surface area contributed by atoms with Crippen molar-refractivity contribution in [2.24, 2.45) is 0 Å². The Morgan fingerprint density at radius 1 is 1.24 bits per heavy atom. The minimum atomic E-state index is -0.517. The predicted molar refractivity (Wildman–Crippen MR) is 76.1 cm³/mol. The van der Waals surface area contributed by atoms with E-state index in [1.54, 1.807) is 31.2 Å². The van der Waals surface area contributed by atoms with E-state index in [2.05, 4.69) is 10.3 Å². The molecule has 1 amide bonds. The number of anilines is 1. The zero-order chi connectivity index (χ0) is 15.2. The van der Waals surface area contributed by atoms with Gasteiger partial charge in [-0.1, -0.05) is 12.1 Å². The van der Waals surface area contributed by atoms with Crippen LogP contribution in [0.5, 0.6) is 11.5 Å². The van der Waals surface area contributed by atoms with Gasteiger partial charge in [-0.05, 0) is 31.2 Å². The van der Waals surface area contributed by atoms with Gasteiger partial charge in [0.1, 0.15) is 0 Å². The molecule has 0 spiro atoms. The molecule has 0 saturated heterocycles. The van der Waals surface area contributed by atoms with Crippen LogP contribution in [-0.4, -0.2) is 24.6 Å². The Morgan fingerprint density at radius 2 is 2.00 bits per heavy atom. The van der Waals surface area contributed by atoms with Crippen LogP contribution in [0.15, 0.2) is 36.4 Å². The zero-order valence-electron chi connectivity index (χ0n) is 11.7. The molecule has 21 heavy (non-hydrogen) atoms. The summed E-state index contributed by atoms with van der Waals surface area (Å²) < 4.78 is 23.6.